The lowest BCUT2D eigenvalue weighted by molar-refractivity contribution is -0.132. The molecular weight excluding hydrogens is 554 g/mol. The van der Waals surface area contributed by atoms with Gasteiger partial charge >= 0.3 is 0 Å². The highest BCUT2D eigenvalue weighted by Crippen LogP contribution is 2.45. The van der Waals surface area contributed by atoms with Gasteiger partial charge in [-0.15, -0.1) is 0 Å². The largest absolute Gasteiger partial charge is 0.507 e. The Hall–Kier alpha value is -4.75. The minimum Gasteiger partial charge on any atom is -0.507 e. The van der Waals surface area contributed by atoms with Crippen LogP contribution in [0.25, 0.3) is 5.76 Å². The fraction of sp³-hybridized carbons (Fsp3) is 0.176. The van der Waals surface area contributed by atoms with Crippen molar-refractivity contribution in [1.82, 2.24) is 0 Å². The number of aliphatic hydroxyl groups excluding tert-OH is 1. The van der Waals surface area contributed by atoms with Gasteiger partial charge in [-0.25, -0.2) is 0 Å². The highest BCUT2D eigenvalue weighted by Gasteiger charge is 2.47. The number of aromatic hydroxyl groups is 1. The first-order chi connectivity index (χ1) is 20.2. The number of carbonyl (C=O) groups is 2. The molecule has 0 spiro atoms. The molecule has 0 aliphatic carbocycles. The molecule has 5 rings (SSSR count). The maximum absolute atomic E-state index is 13.6. The second-order valence-electron chi connectivity index (χ2n) is 10.0. The summed E-state index contributed by atoms with van der Waals surface area (Å²) in [5.74, 6) is -1.20. The third-order valence-corrected chi connectivity index (χ3v) is 7.38. The van der Waals surface area contributed by atoms with Crippen molar-refractivity contribution in [2.24, 2.45) is 0 Å². The zero-order chi connectivity index (χ0) is 30.0. The van der Waals surface area contributed by atoms with Gasteiger partial charge in [-0.3, -0.25) is 14.5 Å². The van der Waals surface area contributed by atoms with Crippen molar-refractivity contribution in [3.63, 3.8) is 0 Å². The SMILES string of the molecule is CCOc1cc(C2/C(=C(\O)c3ccc(OCc4ccccc4)c(C)c3)C(=O)C(=O)N2c2ccc(Cl)cc2C)ccc1O. The number of phenolic OH excluding ortho intramolecular Hbond substituents is 1. The number of halogens is 1. The molecule has 0 bridgehead atoms. The summed E-state index contributed by atoms with van der Waals surface area (Å²) >= 11 is 6.18. The first kappa shape index (κ1) is 28.8. The Bertz CT molecular complexity index is 1700. The molecule has 0 saturated carbocycles. The molecule has 1 aliphatic rings. The number of Topliss-reactive ketones (excluding diaryl/α,β-unsaturated/α-hetero) is 1. The van der Waals surface area contributed by atoms with Gasteiger partial charge in [0.15, 0.2) is 11.5 Å². The van der Waals surface area contributed by atoms with Gasteiger partial charge in [0.1, 0.15) is 18.1 Å². The number of aryl methyl sites for hydroxylation is 2. The average Bonchev–Trinajstić information content (AvgIpc) is 3.23. The Kier molecular flexibility index (Phi) is 8.22. The number of ether oxygens (including phenoxy) is 2. The normalized spacial score (nSPS) is 16.1. The zero-order valence-electron chi connectivity index (χ0n) is 23.4. The van der Waals surface area contributed by atoms with Gasteiger partial charge in [-0.05, 0) is 91.6 Å². The number of amides is 1. The second kappa shape index (κ2) is 12.0. The average molecular weight is 584 g/mol. The van der Waals surface area contributed by atoms with Crippen molar-refractivity contribution >= 4 is 34.7 Å². The summed E-state index contributed by atoms with van der Waals surface area (Å²) in [7, 11) is 0. The van der Waals surface area contributed by atoms with Crippen LogP contribution in [0.3, 0.4) is 0 Å². The van der Waals surface area contributed by atoms with Crippen LogP contribution in [0.15, 0.2) is 90.5 Å². The number of anilines is 1. The van der Waals surface area contributed by atoms with Crippen LogP contribution in [0.4, 0.5) is 5.69 Å². The molecule has 7 nitrogen and oxygen atoms in total. The van der Waals surface area contributed by atoms with E-state index in [4.69, 9.17) is 21.1 Å². The Balaban J connectivity index is 1.61. The van der Waals surface area contributed by atoms with Crippen molar-refractivity contribution < 1.29 is 29.3 Å². The van der Waals surface area contributed by atoms with E-state index in [0.717, 1.165) is 11.1 Å². The predicted molar refractivity (Wildman–Crippen MR) is 162 cm³/mol. The number of benzene rings is 4. The molecule has 0 aromatic heterocycles. The maximum atomic E-state index is 13.6. The predicted octanol–water partition coefficient (Wildman–Crippen LogP) is 7.27. The summed E-state index contributed by atoms with van der Waals surface area (Å²) in [6, 6.07) is 23.5. The zero-order valence-corrected chi connectivity index (χ0v) is 24.2. The molecule has 4 aromatic carbocycles. The number of aliphatic hydroxyl groups is 1. The molecule has 42 heavy (non-hydrogen) atoms. The van der Waals surface area contributed by atoms with Gasteiger partial charge < -0.3 is 19.7 Å². The summed E-state index contributed by atoms with van der Waals surface area (Å²) < 4.78 is 11.6. The molecule has 0 radical (unpaired) electrons. The van der Waals surface area contributed by atoms with E-state index < -0.39 is 17.7 Å². The van der Waals surface area contributed by atoms with Gasteiger partial charge in [0.25, 0.3) is 11.7 Å². The number of hydrogen-bond acceptors (Lipinski definition) is 6. The fourth-order valence-corrected chi connectivity index (χ4v) is 5.33. The van der Waals surface area contributed by atoms with Crippen LogP contribution in [0, 0.1) is 13.8 Å². The standard InChI is InChI=1S/C34H30ClNO6/c1-4-41-29-18-23(10-14-27(29)37)31-30(33(39)34(40)36(31)26-13-12-25(35)17-20(26)2)32(38)24-11-15-28(21(3)16-24)42-19-22-8-6-5-7-9-22/h5-18,31,37-38H,4,19H2,1-3H3/b32-30+. The molecule has 1 atom stereocenters. The lowest BCUT2D eigenvalue weighted by Gasteiger charge is -2.27. The quantitative estimate of drug-likeness (QED) is 0.129. The Labute approximate surface area is 249 Å². The first-order valence-corrected chi connectivity index (χ1v) is 13.9. The third-order valence-electron chi connectivity index (χ3n) is 7.15. The van der Waals surface area contributed by atoms with Crippen LogP contribution in [0.1, 0.15) is 40.8 Å². The van der Waals surface area contributed by atoms with Crippen molar-refractivity contribution in [3.05, 3.63) is 123 Å². The Morgan fingerprint density at radius 2 is 1.64 bits per heavy atom. The van der Waals surface area contributed by atoms with Gasteiger partial charge in [0.2, 0.25) is 0 Å². The van der Waals surface area contributed by atoms with Crippen molar-refractivity contribution in [1.29, 1.82) is 0 Å². The van der Waals surface area contributed by atoms with E-state index in [-0.39, 0.29) is 22.8 Å². The van der Waals surface area contributed by atoms with Gasteiger partial charge in [-0.2, -0.15) is 0 Å². The number of nitrogens with zero attached hydrogens (tertiary/aromatic N) is 1. The first-order valence-electron chi connectivity index (χ1n) is 13.5. The summed E-state index contributed by atoms with van der Waals surface area (Å²) in [5, 5.41) is 22.4. The number of phenols is 1. The van der Waals surface area contributed by atoms with Crippen LogP contribution >= 0.6 is 11.6 Å². The van der Waals surface area contributed by atoms with Gasteiger partial charge in [0.05, 0.1) is 18.2 Å². The summed E-state index contributed by atoms with van der Waals surface area (Å²) in [6.07, 6.45) is 0. The molecule has 1 unspecified atom stereocenters. The third kappa shape index (κ3) is 5.56. The number of hydrogen-bond donors (Lipinski definition) is 2. The van der Waals surface area contributed by atoms with E-state index in [9.17, 15) is 19.8 Å². The smallest absolute Gasteiger partial charge is 0.300 e. The molecule has 1 amide bonds. The van der Waals surface area contributed by atoms with E-state index in [0.29, 0.717) is 46.4 Å². The molecular formula is C34H30ClNO6. The maximum Gasteiger partial charge on any atom is 0.300 e. The number of carbonyl (C=O) groups excluding carboxylic acids is 2. The second-order valence-corrected chi connectivity index (χ2v) is 10.5. The summed E-state index contributed by atoms with van der Waals surface area (Å²) in [4.78, 5) is 28.6. The topological polar surface area (TPSA) is 96.3 Å². The van der Waals surface area contributed by atoms with Crippen molar-refractivity contribution in [3.8, 4) is 17.2 Å². The summed E-state index contributed by atoms with van der Waals surface area (Å²) in [5.41, 5.74) is 3.66. The summed E-state index contributed by atoms with van der Waals surface area (Å²) in [6.45, 7) is 6.09. The van der Waals surface area contributed by atoms with E-state index >= 15 is 0 Å². The fourth-order valence-electron chi connectivity index (χ4n) is 5.11. The number of rotatable bonds is 8. The minimum atomic E-state index is -1.00. The highest BCUT2D eigenvalue weighted by molar-refractivity contribution is 6.51. The molecule has 1 heterocycles. The molecule has 1 saturated heterocycles. The van der Waals surface area contributed by atoms with Crippen LogP contribution in [0.5, 0.6) is 17.2 Å². The molecule has 4 aromatic rings. The van der Waals surface area contributed by atoms with Crippen molar-refractivity contribution in [2.45, 2.75) is 33.4 Å². The Morgan fingerprint density at radius 1 is 0.881 bits per heavy atom. The van der Waals surface area contributed by atoms with E-state index in [1.54, 1.807) is 62.4 Å². The highest BCUT2D eigenvalue weighted by atomic mass is 35.5. The minimum absolute atomic E-state index is 0.0815. The van der Waals surface area contributed by atoms with E-state index in [1.807, 2.05) is 37.3 Å². The van der Waals surface area contributed by atoms with Crippen molar-refractivity contribution in [2.75, 3.05) is 11.5 Å². The molecule has 1 aliphatic heterocycles. The molecule has 214 valence electrons. The molecule has 1 fully saturated rings. The molecule has 8 heteroatoms. The van der Waals surface area contributed by atoms with Crippen LogP contribution in [-0.2, 0) is 16.2 Å². The van der Waals surface area contributed by atoms with Gasteiger partial charge in [-0.1, -0.05) is 48.0 Å². The Morgan fingerprint density at radius 3 is 2.33 bits per heavy atom. The van der Waals surface area contributed by atoms with E-state index in [1.165, 1.54) is 11.0 Å². The van der Waals surface area contributed by atoms with Crippen LogP contribution in [0.2, 0.25) is 5.02 Å². The number of ketones is 1. The van der Waals surface area contributed by atoms with Gasteiger partial charge in [0, 0.05) is 16.3 Å². The molecule has 2 N–H and O–H groups in total. The lowest BCUT2D eigenvalue weighted by atomic mass is 9.94. The monoisotopic (exact) mass is 583 g/mol. The van der Waals surface area contributed by atoms with Crippen LogP contribution in [-0.4, -0.2) is 28.5 Å². The van der Waals surface area contributed by atoms with E-state index in [2.05, 4.69) is 0 Å². The lowest BCUT2D eigenvalue weighted by Crippen LogP contribution is -2.30. The van der Waals surface area contributed by atoms with Crippen LogP contribution < -0.4 is 14.4 Å².